The van der Waals surface area contributed by atoms with Crippen LogP contribution in [0.25, 0.3) is 11.1 Å². The highest BCUT2D eigenvalue weighted by atomic mass is 16.5. The molecule has 0 unspecified atom stereocenters. The molecule has 5 rings (SSSR count). The van der Waals surface area contributed by atoms with Crippen molar-refractivity contribution in [2.75, 3.05) is 13.1 Å². The largest absolute Gasteiger partial charge is 0.365 e. The zero-order valence-corrected chi connectivity index (χ0v) is 15.5. The van der Waals surface area contributed by atoms with Crippen molar-refractivity contribution in [2.24, 2.45) is 0 Å². The van der Waals surface area contributed by atoms with Crippen LogP contribution in [0.1, 0.15) is 29.5 Å². The number of pyridine rings is 1. The Balaban J connectivity index is 1.33. The molecule has 3 aromatic rings. The monoisotopic (exact) mass is 356 g/mol. The molecular formula is C24H24N2O. The first-order valence-corrected chi connectivity index (χ1v) is 9.77. The molecule has 2 aliphatic heterocycles. The van der Waals surface area contributed by atoms with Gasteiger partial charge >= 0.3 is 0 Å². The SMILES string of the molecule is c1cncc(-c2ccccc2CN2CCC3(CC2)OCc2ccccc23)c1. The second-order valence-corrected chi connectivity index (χ2v) is 7.62. The summed E-state index contributed by atoms with van der Waals surface area (Å²) in [4.78, 5) is 6.85. The van der Waals surface area contributed by atoms with Crippen LogP contribution in [0.3, 0.4) is 0 Å². The summed E-state index contributed by atoms with van der Waals surface area (Å²) in [6.45, 7) is 3.87. The van der Waals surface area contributed by atoms with Gasteiger partial charge in [-0.2, -0.15) is 0 Å². The van der Waals surface area contributed by atoms with E-state index in [0.717, 1.165) is 39.1 Å². The van der Waals surface area contributed by atoms with Crippen molar-refractivity contribution in [1.29, 1.82) is 0 Å². The zero-order valence-electron chi connectivity index (χ0n) is 15.5. The Morgan fingerprint density at radius 2 is 1.74 bits per heavy atom. The molecule has 0 saturated carbocycles. The maximum Gasteiger partial charge on any atom is 0.0963 e. The molecule has 1 fully saturated rings. The predicted octanol–water partition coefficient (Wildman–Crippen LogP) is 4.77. The van der Waals surface area contributed by atoms with Crippen LogP contribution in [-0.4, -0.2) is 23.0 Å². The van der Waals surface area contributed by atoms with Gasteiger partial charge in [-0.05, 0) is 41.2 Å². The van der Waals surface area contributed by atoms with E-state index in [1.807, 2.05) is 18.5 Å². The highest BCUT2D eigenvalue weighted by Gasteiger charge is 2.42. The third-order valence-corrected chi connectivity index (χ3v) is 6.06. The molecule has 3 heterocycles. The molecule has 1 aromatic heterocycles. The van der Waals surface area contributed by atoms with Gasteiger partial charge in [0.25, 0.3) is 0 Å². The van der Waals surface area contributed by atoms with E-state index in [2.05, 4.69) is 64.5 Å². The van der Waals surface area contributed by atoms with Gasteiger partial charge in [0.05, 0.1) is 12.2 Å². The van der Waals surface area contributed by atoms with Crippen molar-refractivity contribution in [3.63, 3.8) is 0 Å². The molecule has 0 atom stereocenters. The number of hydrogen-bond donors (Lipinski definition) is 0. The molecule has 2 aliphatic rings. The van der Waals surface area contributed by atoms with E-state index >= 15 is 0 Å². The molecule has 1 spiro atoms. The molecule has 0 amide bonds. The van der Waals surface area contributed by atoms with Gasteiger partial charge in [-0.3, -0.25) is 9.88 Å². The van der Waals surface area contributed by atoms with Gasteiger partial charge in [-0.15, -0.1) is 0 Å². The van der Waals surface area contributed by atoms with E-state index in [4.69, 9.17) is 4.74 Å². The van der Waals surface area contributed by atoms with Gasteiger partial charge in [0.1, 0.15) is 0 Å². The lowest BCUT2D eigenvalue weighted by Crippen LogP contribution is -2.42. The second kappa shape index (κ2) is 6.91. The van der Waals surface area contributed by atoms with Crippen molar-refractivity contribution >= 4 is 0 Å². The van der Waals surface area contributed by atoms with E-state index in [1.165, 1.54) is 27.8 Å². The Bertz CT molecular complexity index is 930. The van der Waals surface area contributed by atoms with Gasteiger partial charge in [0.2, 0.25) is 0 Å². The first-order valence-electron chi connectivity index (χ1n) is 9.77. The van der Waals surface area contributed by atoms with Crippen LogP contribution in [0.2, 0.25) is 0 Å². The molecule has 0 aliphatic carbocycles. The Morgan fingerprint density at radius 3 is 2.59 bits per heavy atom. The summed E-state index contributed by atoms with van der Waals surface area (Å²) in [7, 11) is 0. The minimum absolute atomic E-state index is 0.0596. The number of likely N-dealkylation sites (tertiary alicyclic amines) is 1. The van der Waals surface area contributed by atoms with E-state index < -0.39 is 0 Å². The number of hydrogen-bond acceptors (Lipinski definition) is 3. The molecule has 136 valence electrons. The normalized spacial score (nSPS) is 18.5. The van der Waals surface area contributed by atoms with Crippen molar-refractivity contribution in [3.8, 4) is 11.1 Å². The maximum absolute atomic E-state index is 6.31. The van der Waals surface area contributed by atoms with Crippen LogP contribution in [0.5, 0.6) is 0 Å². The third kappa shape index (κ3) is 3.07. The Labute approximate surface area is 160 Å². The van der Waals surface area contributed by atoms with Gasteiger partial charge in [0, 0.05) is 37.6 Å². The van der Waals surface area contributed by atoms with Crippen LogP contribution < -0.4 is 0 Å². The van der Waals surface area contributed by atoms with E-state index in [0.29, 0.717) is 0 Å². The average molecular weight is 356 g/mol. The highest BCUT2D eigenvalue weighted by molar-refractivity contribution is 5.66. The summed E-state index contributed by atoms with van der Waals surface area (Å²) in [6, 6.07) is 21.6. The van der Waals surface area contributed by atoms with Crippen LogP contribution >= 0.6 is 0 Å². The Kier molecular flexibility index (Phi) is 4.27. The molecule has 3 nitrogen and oxygen atoms in total. The highest BCUT2D eigenvalue weighted by Crippen LogP contribution is 2.44. The summed E-state index contributed by atoms with van der Waals surface area (Å²) in [5.74, 6) is 0. The number of benzene rings is 2. The van der Waals surface area contributed by atoms with Crippen molar-refractivity contribution < 1.29 is 4.74 Å². The lowest BCUT2D eigenvalue weighted by atomic mass is 9.83. The van der Waals surface area contributed by atoms with Crippen LogP contribution in [0.15, 0.2) is 73.1 Å². The quantitative estimate of drug-likeness (QED) is 0.676. The molecule has 27 heavy (non-hydrogen) atoms. The Morgan fingerprint density at radius 1 is 0.926 bits per heavy atom. The number of piperidine rings is 1. The lowest BCUT2D eigenvalue weighted by Gasteiger charge is -2.39. The van der Waals surface area contributed by atoms with Gasteiger partial charge in [-0.25, -0.2) is 0 Å². The van der Waals surface area contributed by atoms with Crippen molar-refractivity contribution in [1.82, 2.24) is 9.88 Å². The topological polar surface area (TPSA) is 25.4 Å². The van der Waals surface area contributed by atoms with E-state index in [1.54, 1.807) is 0 Å². The Hall–Kier alpha value is -2.49. The number of rotatable bonds is 3. The van der Waals surface area contributed by atoms with Gasteiger partial charge in [-0.1, -0.05) is 54.6 Å². The standard InChI is InChI=1S/C24H24N2O/c1-3-9-22(19-8-5-13-25-16-19)20(6-1)17-26-14-11-24(12-15-26)23-10-4-2-7-21(23)18-27-24/h1-10,13,16H,11-12,14-15,17-18H2. The fourth-order valence-electron chi connectivity index (χ4n) is 4.57. The maximum atomic E-state index is 6.31. The van der Waals surface area contributed by atoms with Gasteiger partial charge < -0.3 is 4.74 Å². The fourth-order valence-corrected chi connectivity index (χ4v) is 4.57. The average Bonchev–Trinajstić information content (AvgIpc) is 3.09. The van der Waals surface area contributed by atoms with E-state index in [9.17, 15) is 0 Å². The minimum atomic E-state index is -0.0596. The molecule has 3 heteroatoms. The summed E-state index contributed by atoms with van der Waals surface area (Å²) >= 11 is 0. The van der Waals surface area contributed by atoms with Crippen LogP contribution in [0.4, 0.5) is 0 Å². The predicted molar refractivity (Wildman–Crippen MR) is 107 cm³/mol. The fraction of sp³-hybridized carbons (Fsp3) is 0.292. The number of nitrogens with zero attached hydrogens (tertiary/aromatic N) is 2. The summed E-state index contributed by atoms with van der Waals surface area (Å²) in [6.07, 6.45) is 5.92. The van der Waals surface area contributed by atoms with Gasteiger partial charge in [0.15, 0.2) is 0 Å². The lowest BCUT2D eigenvalue weighted by molar-refractivity contribution is -0.0799. The molecule has 0 radical (unpaired) electrons. The molecular weight excluding hydrogens is 332 g/mol. The molecule has 2 aromatic carbocycles. The summed E-state index contributed by atoms with van der Waals surface area (Å²) < 4.78 is 6.31. The minimum Gasteiger partial charge on any atom is -0.365 e. The third-order valence-electron chi connectivity index (χ3n) is 6.06. The number of ether oxygens (including phenoxy) is 1. The second-order valence-electron chi connectivity index (χ2n) is 7.62. The number of fused-ring (bicyclic) bond motifs is 2. The van der Waals surface area contributed by atoms with Crippen molar-refractivity contribution in [3.05, 3.63) is 89.7 Å². The molecule has 1 saturated heterocycles. The summed E-state index contributed by atoms with van der Waals surface area (Å²) in [5.41, 5.74) is 6.57. The zero-order chi connectivity index (χ0) is 18.1. The molecule has 0 N–H and O–H groups in total. The van der Waals surface area contributed by atoms with Crippen LogP contribution in [-0.2, 0) is 23.5 Å². The first-order chi connectivity index (χ1) is 13.3. The molecule has 0 bridgehead atoms. The first kappa shape index (κ1) is 16.7. The van der Waals surface area contributed by atoms with Crippen LogP contribution in [0, 0.1) is 0 Å². The van der Waals surface area contributed by atoms with Crippen molar-refractivity contribution in [2.45, 2.75) is 31.6 Å². The number of aromatic nitrogens is 1. The smallest absolute Gasteiger partial charge is 0.0963 e. The summed E-state index contributed by atoms with van der Waals surface area (Å²) in [5, 5.41) is 0. The van der Waals surface area contributed by atoms with E-state index in [-0.39, 0.29) is 5.60 Å².